The first-order valence-corrected chi connectivity index (χ1v) is 8.38. The minimum atomic E-state index is -1.04. The molecule has 1 fully saturated rings. The number of phenols is 1. The molecule has 0 spiro atoms. The molecule has 1 unspecified atom stereocenters. The summed E-state index contributed by atoms with van der Waals surface area (Å²) in [6.45, 7) is 1.50. The van der Waals surface area contributed by atoms with Crippen molar-refractivity contribution in [2.75, 3.05) is 0 Å². The van der Waals surface area contributed by atoms with Gasteiger partial charge in [0.25, 0.3) is 5.91 Å². The van der Waals surface area contributed by atoms with Gasteiger partial charge in [-0.05, 0) is 49.4 Å². The lowest BCUT2D eigenvalue weighted by Gasteiger charge is -2.27. The molecule has 1 atom stereocenters. The van der Waals surface area contributed by atoms with Crippen molar-refractivity contribution < 1.29 is 19.8 Å². The Morgan fingerprint density at radius 1 is 1.12 bits per heavy atom. The number of carbonyl (C=O) groups is 2. The molecule has 1 aliphatic carbocycles. The number of aromatic hydroxyl groups is 1. The highest BCUT2D eigenvalue weighted by Gasteiger charge is 2.39. The second-order valence-electron chi connectivity index (χ2n) is 6.47. The normalized spacial score (nSPS) is 14.8. The smallest absolute Gasteiger partial charge is 0.326 e. The summed E-state index contributed by atoms with van der Waals surface area (Å²) in [5.41, 5.74) is 2.16. The molecule has 2 aromatic carbocycles. The molecule has 0 saturated heterocycles. The van der Waals surface area contributed by atoms with E-state index in [0.717, 1.165) is 24.0 Å². The first kappa shape index (κ1) is 17.0. The molecule has 0 heterocycles. The summed E-state index contributed by atoms with van der Waals surface area (Å²) in [5, 5.41) is 19.4. The number of aliphatic carboxylic acids is 1. The van der Waals surface area contributed by atoms with Crippen molar-refractivity contribution in [3.63, 3.8) is 0 Å². The van der Waals surface area contributed by atoms with E-state index in [1.807, 2.05) is 30.3 Å². The second kappa shape index (κ2) is 6.97. The van der Waals surface area contributed by atoms with E-state index in [9.17, 15) is 19.8 Å². The third kappa shape index (κ3) is 3.82. The Morgan fingerprint density at radius 2 is 1.80 bits per heavy atom. The van der Waals surface area contributed by atoms with Gasteiger partial charge in [0.1, 0.15) is 11.8 Å². The Labute approximate surface area is 146 Å². The van der Waals surface area contributed by atoms with Gasteiger partial charge in [-0.3, -0.25) is 4.79 Å². The molecule has 1 aliphatic rings. The number of rotatable bonds is 6. The van der Waals surface area contributed by atoms with Crippen LogP contribution in [0.5, 0.6) is 5.75 Å². The van der Waals surface area contributed by atoms with Crippen LogP contribution < -0.4 is 0 Å². The van der Waals surface area contributed by atoms with Gasteiger partial charge in [0, 0.05) is 6.04 Å². The van der Waals surface area contributed by atoms with E-state index in [1.165, 1.54) is 17.9 Å². The summed E-state index contributed by atoms with van der Waals surface area (Å²) in [5.74, 6) is -1.59. The summed E-state index contributed by atoms with van der Waals surface area (Å²) < 4.78 is 0. The number of carbonyl (C=O) groups excluding carboxylic acids is 1. The molecule has 0 radical (unpaired) electrons. The molecule has 3 rings (SSSR count). The van der Waals surface area contributed by atoms with Gasteiger partial charge >= 0.3 is 5.97 Å². The molecule has 130 valence electrons. The molecule has 1 amide bonds. The Hall–Kier alpha value is -2.82. The fraction of sp³-hybridized carbons (Fsp3) is 0.300. The number of amides is 1. The standard InChI is InChI=1S/C20H21NO4/c1-13(20(24)25)21(16-8-9-16)19(23)17-12-15(7-10-18(17)22)11-14-5-3-2-4-6-14/h2-7,10,12-13,16,22H,8-9,11H2,1H3,(H,24,25). The van der Waals surface area contributed by atoms with E-state index >= 15 is 0 Å². The predicted octanol–water partition coefficient (Wildman–Crippen LogP) is 3.06. The highest BCUT2D eigenvalue weighted by atomic mass is 16.4. The molecule has 0 aliphatic heterocycles. The fourth-order valence-electron chi connectivity index (χ4n) is 2.96. The number of phenolic OH excluding ortho intramolecular Hbond substituents is 1. The Balaban J connectivity index is 1.88. The van der Waals surface area contributed by atoms with Crippen molar-refractivity contribution in [1.29, 1.82) is 0 Å². The molecule has 2 aromatic rings. The Bertz CT molecular complexity index is 784. The van der Waals surface area contributed by atoms with Crippen molar-refractivity contribution in [1.82, 2.24) is 4.90 Å². The molecule has 0 bridgehead atoms. The molecule has 5 heteroatoms. The van der Waals surface area contributed by atoms with Crippen molar-refractivity contribution in [2.45, 2.75) is 38.3 Å². The number of carboxylic acid groups (broad SMARTS) is 1. The van der Waals surface area contributed by atoms with E-state index in [-0.39, 0.29) is 17.4 Å². The van der Waals surface area contributed by atoms with Gasteiger partial charge in [-0.25, -0.2) is 4.79 Å². The van der Waals surface area contributed by atoms with Gasteiger partial charge in [0.2, 0.25) is 0 Å². The number of nitrogens with zero attached hydrogens (tertiary/aromatic N) is 1. The summed E-state index contributed by atoms with van der Waals surface area (Å²) in [4.78, 5) is 25.6. The number of benzene rings is 2. The third-order valence-corrected chi connectivity index (χ3v) is 4.49. The van der Waals surface area contributed by atoms with Crippen LogP contribution >= 0.6 is 0 Å². The van der Waals surface area contributed by atoms with E-state index in [4.69, 9.17) is 0 Å². The monoisotopic (exact) mass is 339 g/mol. The van der Waals surface area contributed by atoms with Crippen LogP contribution in [-0.2, 0) is 11.2 Å². The third-order valence-electron chi connectivity index (χ3n) is 4.49. The average molecular weight is 339 g/mol. The van der Waals surface area contributed by atoms with E-state index < -0.39 is 17.9 Å². The zero-order valence-electron chi connectivity index (χ0n) is 14.1. The first-order chi connectivity index (χ1) is 12.0. The Morgan fingerprint density at radius 3 is 2.40 bits per heavy atom. The second-order valence-corrected chi connectivity index (χ2v) is 6.47. The van der Waals surface area contributed by atoms with Crippen LogP contribution in [0.15, 0.2) is 48.5 Å². The molecule has 25 heavy (non-hydrogen) atoms. The largest absolute Gasteiger partial charge is 0.507 e. The molecule has 5 nitrogen and oxygen atoms in total. The number of hydrogen-bond acceptors (Lipinski definition) is 3. The van der Waals surface area contributed by atoms with E-state index in [1.54, 1.807) is 12.1 Å². The maximum absolute atomic E-state index is 12.9. The lowest BCUT2D eigenvalue weighted by Crippen LogP contribution is -2.44. The van der Waals surface area contributed by atoms with E-state index in [0.29, 0.717) is 6.42 Å². The molecule has 1 saturated carbocycles. The lowest BCUT2D eigenvalue weighted by atomic mass is 10.0. The van der Waals surface area contributed by atoms with Crippen LogP contribution in [0.4, 0.5) is 0 Å². The molecular weight excluding hydrogens is 318 g/mol. The van der Waals surface area contributed by atoms with Gasteiger partial charge in [-0.15, -0.1) is 0 Å². The average Bonchev–Trinajstić information content (AvgIpc) is 3.42. The minimum Gasteiger partial charge on any atom is -0.507 e. The van der Waals surface area contributed by atoms with Gasteiger partial charge in [-0.1, -0.05) is 36.4 Å². The fourth-order valence-corrected chi connectivity index (χ4v) is 2.96. The summed E-state index contributed by atoms with van der Waals surface area (Å²) >= 11 is 0. The van der Waals surface area contributed by atoms with Gasteiger partial charge < -0.3 is 15.1 Å². The highest BCUT2D eigenvalue weighted by Crippen LogP contribution is 2.32. The number of hydrogen-bond donors (Lipinski definition) is 2. The van der Waals surface area contributed by atoms with Gasteiger partial charge in [-0.2, -0.15) is 0 Å². The van der Waals surface area contributed by atoms with Crippen molar-refractivity contribution in [3.05, 3.63) is 65.2 Å². The predicted molar refractivity (Wildman–Crippen MR) is 93.6 cm³/mol. The first-order valence-electron chi connectivity index (χ1n) is 8.38. The van der Waals surface area contributed by atoms with Crippen LogP contribution in [0.25, 0.3) is 0 Å². The highest BCUT2D eigenvalue weighted by molar-refractivity contribution is 5.99. The van der Waals surface area contributed by atoms with Crippen molar-refractivity contribution in [2.24, 2.45) is 0 Å². The number of carboxylic acids is 1. The molecule has 2 N–H and O–H groups in total. The van der Waals surface area contributed by atoms with Crippen LogP contribution in [0.3, 0.4) is 0 Å². The maximum atomic E-state index is 12.9. The molecular formula is C20H21NO4. The van der Waals surface area contributed by atoms with E-state index in [2.05, 4.69) is 0 Å². The van der Waals surface area contributed by atoms with Gasteiger partial charge in [0.15, 0.2) is 0 Å². The lowest BCUT2D eigenvalue weighted by molar-refractivity contribution is -0.141. The summed E-state index contributed by atoms with van der Waals surface area (Å²) in [7, 11) is 0. The quantitative estimate of drug-likeness (QED) is 0.848. The Kier molecular flexibility index (Phi) is 4.74. The van der Waals surface area contributed by atoms with Crippen molar-refractivity contribution in [3.8, 4) is 5.75 Å². The van der Waals surface area contributed by atoms with Crippen molar-refractivity contribution >= 4 is 11.9 Å². The van der Waals surface area contributed by atoms with Gasteiger partial charge in [0.05, 0.1) is 5.56 Å². The summed E-state index contributed by atoms with van der Waals surface area (Å²) in [6.07, 6.45) is 2.24. The maximum Gasteiger partial charge on any atom is 0.326 e. The summed E-state index contributed by atoms with van der Waals surface area (Å²) in [6, 6.07) is 13.8. The van der Waals surface area contributed by atoms with Crippen LogP contribution in [-0.4, -0.2) is 39.1 Å². The zero-order chi connectivity index (χ0) is 18.0. The molecule has 0 aromatic heterocycles. The minimum absolute atomic E-state index is 0.0595. The van der Waals surface area contributed by atoms with Crippen LogP contribution in [0, 0.1) is 0 Å². The van der Waals surface area contributed by atoms with Crippen LogP contribution in [0.2, 0.25) is 0 Å². The topological polar surface area (TPSA) is 77.8 Å². The van der Waals surface area contributed by atoms with Crippen LogP contribution in [0.1, 0.15) is 41.3 Å². The SMILES string of the molecule is CC(C(=O)O)N(C(=O)c1cc(Cc2ccccc2)ccc1O)C1CC1. The zero-order valence-corrected chi connectivity index (χ0v) is 14.1.